The van der Waals surface area contributed by atoms with Crippen LogP contribution in [0.15, 0.2) is 46.9 Å². The zero-order valence-corrected chi connectivity index (χ0v) is 19.6. The number of aromatic nitrogens is 3. The summed E-state index contributed by atoms with van der Waals surface area (Å²) in [6, 6.07) is 11.9. The van der Waals surface area contributed by atoms with Gasteiger partial charge in [-0.25, -0.2) is 9.97 Å². The first-order valence-electron chi connectivity index (χ1n) is 10.0. The number of aromatic amines is 1. The van der Waals surface area contributed by atoms with Crippen LogP contribution in [-0.4, -0.2) is 27.5 Å². The molecule has 31 heavy (non-hydrogen) atoms. The number of carbonyl (C=O) groups is 1. The Kier molecular flexibility index (Phi) is 6.29. The predicted molar refractivity (Wildman–Crippen MR) is 128 cm³/mol. The van der Waals surface area contributed by atoms with E-state index in [1.165, 1.54) is 16.9 Å². The van der Waals surface area contributed by atoms with Crippen LogP contribution in [0.4, 0.5) is 10.8 Å². The molecule has 0 aliphatic rings. The number of amides is 1. The third-order valence-corrected chi connectivity index (χ3v) is 6.52. The van der Waals surface area contributed by atoms with Gasteiger partial charge in [-0.3, -0.25) is 9.69 Å². The second kappa shape index (κ2) is 9.11. The van der Waals surface area contributed by atoms with Crippen LogP contribution in [0.3, 0.4) is 0 Å². The first kappa shape index (κ1) is 21.4. The second-order valence-electron chi connectivity index (χ2n) is 7.21. The minimum absolute atomic E-state index is 0.0529. The minimum Gasteiger partial charge on any atom is -0.494 e. The molecule has 0 saturated heterocycles. The van der Waals surface area contributed by atoms with Gasteiger partial charge in [0.25, 0.3) is 0 Å². The lowest BCUT2D eigenvalue weighted by atomic mass is 10.1. The van der Waals surface area contributed by atoms with Crippen LogP contribution in [-0.2, 0) is 10.5 Å². The maximum absolute atomic E-state index is 12.4. The van der Waals surface area contributed by atoms with Crippen LogP contribution in [0.2, 0.25) is 0 Å². The molecule has 0 spiro atoms. The van der Waals surface area contributed by atoms with E-state index < -0.39 is 0 Å². The Morgan fingerprint density at radius 2 is 2.03 bits per heavy atom. The van der Waals surface area contributed by atoms with Crippen molar-refractivity contribution in [2.24, 2.45) is 0 Å². The highest BCUT2D eigenvalue weighted by Crippen LogP contribution is 2.33. The number of ether oxygens (including phenoxy) is 1. The number of H-pyrrole nitrogens is 1. The molecule has 8 heteroatoms. The van der Waals surface area contributed by atoms with Crippen molar-refractivity contribution in [1.82, 2.24) is 15.0 Å². The number of anilines is 2. The summed E-state index contributed by atoms with van der Waals surface area (Å²) < 4.78 is 5.55. The van der Waals surface area contributed by atoms with E-state index in [0.717, 1.165) is 38.9 Å². The van der Waals surface area contributed by atoms with E-state index in [4.69, 9.17) is 9.72 Å². The summed E-state index contributed by atoms with van der Waals surface area (Å²) in [5.41, 5.74) is 5.85. The van der Waals surface area contributed by atoms with E-state index >= 15 is 0 Å². The molecule has 0 unspecified atom stereocenters. The summed E-state index contributed by atoms with van der Waals surface area (Å²) in [6.07, 6.45) is 0. The van der Waals surface area contributed by atoms with Gasteiger partial charge < -0.3 is 9.72 Å². The van der Waals surface area contributed by atoms with Crippen molar-refractivity contribution in [2.75, 3.05) is 11.5 Å². The molecular formula is C23H24N4O2S2. The van der Waals surface area contributed by atoms with Gasteiger partial charge in [-0.15, -0.1) is 11.3 Å². The topological polar surface area (TPSA) is 71.1 Å². The van der Waals surface area contributed by atoms with E-state index in [0.29, 0.717) is 17.5 Å². The Bertz CT molecular complexity index is 1230. The van der Waals surface area contributed by atoms with Crippen LogP contribution >= 0.6 is 23.1 Å². The maximum Gasteiger partial charge on any atom is 0.230 e. The lowest BCUT2D eigenvalue weighted by Gasteiger charge is -2.20. The van der Waals surface area contributed by atoms with Crippen molar-refractivity contribution >= 4 is 50.9 Å². The number of fused-ring (bicyclic) bond motifs is 1. The first-order valence-corrected chi connectivity index (χ1v) is 11.9. The number of benzene rings is 2. The molecule has 1 amide bonds. The number of thiazole rings is 1. The standard InChI is InChI=1S/C23H24N4O2S2/c1-5-29-18-7-8-19-20(11-18)26-22(25-19)30-12-17-13-31-23(24-17)27(16(4)28)21-9-6-14(2)10-15(21)3/h6-11,13H,5,12H2,1-4H3,(H,25,26). The fourth-order valence-electron chi connectivity index (χ4n) is 3.36. The number of hydrogen-bond acceptors (Lipinski definition) is 6. The number of thioether (sulfide) groups is 1. The minimum atomic E-state index is -0.0529. The summed E-state index contributed by atoms with van der Waals surface area (Å²) in [5.74, 6) is 1.44. The highest BCUT2D eigenvalue weighted by molar-refractivity contribution is 7.98. The van der Waals surface area contributed by atoms with Gasteiger partial charge in [0.1, 0.15) is 5.75 Å². The lowest BCUT2D eigenvalue weighted by molar-refractivity contribution is -0.115. The zero-order valence-electron chi connectivity index (χ0n) is 17.9. The molecule has 0 atom stereocenters. The maximum atomic E-state index is 12.4. The van der Waals surface area contributed by atoms with Gasteiger partial charge in [-0.2, -0.15) is 0 Å². The molecule has 2 heterocycles. The fraction of sp³-hybridized carbons (Fsp3) is 0.261. The first-order chi connectivity index (χ1) is 14.9. The molecule has 0 aliphatic heterocycles. The normalized spacial score (nSPS) is 11.1. The average Bonchev–Trinajstić information content (AvgIpc) is 3.34. The summed E-state index contributed by atoms with van der Waals surface area (Å²) in [4.78, 5) is 26.8. The Morgan fingerprint density at radius 1 is 1.19 bits per heavy atom. The van der Waals surface area contributed by atoms with Crippen molar-refractivity contribution in [2.45, 2.75) is 38.6 Å². The van der Waals surface area contributed by atoms with Crippen LogP contribution in [0.5, 0.6) is 5.75 Å². The van der Waals surface area contributed by atoms with Gasteiger partial charge in [0.15, 0.2) is 10.3 Å². The summed E-state index contributed by atoms with van der Waals surface area (Å²) >= 11 is 3.06. The van der Waals surface area contributed by atoms with Crippen molar-refractivity contribution in [1.29, 1.82) is 0 Å². The van der Waals surface area contributed by atoms with Gasteiger partial charge in [0, 0.05) is 24.1 Å². The van der Waals surface area contributed by atoms with E-state index in [-0.39, 0.29) is 5.91 Å². The van der Waals surface area contributed by atoms with E-state index in [2.05, 4.69) is 16.0 Å². The van der Waals surface area contributed by atoms with Crippen LogP contribution in [0.25, 0.3) is 11.0 Å². The van der Waals surface area contributed by atoms with Crippen molar-refractivity contribution in [3.63, 3.8) is 0 Å². The highest BCUT2D eigenvalue weighted by Gasteiger charge is 2.20. The Balaban J connectivity index is 1.50. The predicted octanol–water partition coefficient (Wildman–Crippen LogP) is 6.01. The van der Waals surface area contributed by atoms with E-state index in [1.807, 2.05) is 56.5 Å². The number of nitrogens with one attached hydrogen (secondary N) is 1. The Hall–Kier alpha value is -2.84. The second-order valence-corrected chi connectivity index (χ2v) is 9.01. The number of hydrogen-bond donors (Lipinski definition) is 1. The zero-order chi connectivity index (χ0) is 22.0. The number of imidazole rings is 1. The molecule has 0 bridgehead atoms. The van der Waals surface area contributed by atoms with Crippen LogP contribution in [0.1, 0.15) is 30.7 Å². The lowest BCUT2D eigenvalue weighted by Crippen LogP contribution is -2.23. The largest absolute Gasteiger partial charge is 0.494 e. The van der Waals surface area contributed by atoms with E-state index in [9.17, 15) is 4.79 Å². The molecule has 0 saturated carbocycles. The van der Waals surface area contributed by atoms with Crippen molar-refractivity contribution in [3.8, 4) is 5.75 Å². The summed E-state index contributed by atoms with van der Waals surface area (Å²) in [6.45, 7) is 8.23. The molecule has 160 valence electrons. The number of aryl methyl sites for hydroxylation is 2. The molecule has 1 N–H and O–H groups in total. The number of nitrogens with zero attached hydrogens (tertiary/aromatic N) is 3. The Labute approximate surface area is 189 Å². The van der Waals surface area contributed by atoms with Gasteiger partial charge in [0.05, 0.1) is 29.0 Å². The molecule has 2 aromatic heterocycles. The van der Waals surface area contributed by atoms with Gasteiger partial charge in [-0.05, 0) is 44.5 Å². The summed E-state index contributed by atoms with van der Waals surface area (Å²) in [5, 5.41) is 3.51. The van der Waals surface area contributed by atoms with Gasteiger partial charge in [-0.1, -0.05) is 29.5 Å². The third kappa shape index (κ3) is 4.75. The van der Waals surface area contributed by atoms with Crippen LogP contribution < -0.4 is 9.64 Å². The monoisotopic (exact) mass is 452 g/mol. The molecule has 4 aromatic rings. The molecule has 0 radical (unpaired) electrons. The molecule has 0 fully saturated rings. The van der Waals surface area contributed by atoms with Gasteiger partial charge in [0.2, 0.25) is 5.91 Å². The average molecular weight is 453 g/mol. The molecule has 2 aromatic carbocycles. The van der Waals surface area contributed by atoms with E-state index in [1.54, 1.807) is 23.6 Å². The Morgan fingerprint density at radius 3 is 2.77 bits per heavy atom. The smallest absolute Gasteiger partial charge is 0.230 e. The van der Waals surface area contributed by atoms with Crippen LogP contribution in [0, 0.1) is 13.8 Å². The summed E-state index contributed by atoms with van der Waals surface area (Å²) in [7, 11) is 0. The molecule has 0 aliphatic carbocycles. The van der Waals surface area contributed by atoms with Crippen molar-refractivity contribution in [3.05, 3.63) is 58.6 Å². The highest BCUT2D eigenvalue weighted by atomic mass is 32.2. The van der Waals surface area contributed by atoms with Crippen molar-refractivity contribution < 1.29 is 9.53 Å². The molecule has 6 nitrogen and oxygen atoms in total. The molecule has 4 rings (SSSR count). The fourth-order valence-corrected chi connectivity index (χ4v) is 5.12. The quantitative estimate of drug-likeness (QED) is 0.348. The molecular weight excluding hydrogens is 428 g/mol. The number of carbonyl (C=O) groups excluding carboxylic acids is 1. The van der Waals surface area contributed by atoms with Gasteiger partial charge >= 0.3 is 0 Å². The third-order valence-electron chi connectivity index (χ3n) is 4.74. The number of rotatable bonds is 7. The SMILES string of the molecule is CCOc1ccc2nc(SCc3csc(N(C(C)=O)c4ccc(C)cc4C)n3)[nH]c2c1.